The van der Waals surface area contributed by atoms with Gasteiger partial charge in [0.2, 0.25) is 0 Å². The average molecular weight is 223 g/mol. The van der Waals surface area contributed by atoms with Crippen LogP contribution >= 0.6 is 0 Å². The Morgan fingerprint density at radius 2 is 2.19 bits per heavy atom. The summed E-state index contributed by atoms with van der Waals surface area (Å²) in [4.78, 5) is 7.46. The summed E-state index contributed by atoms with van der Waals surface area (Å²) in [5.41, 5.74) is 0. The van der Waals surface area contributed by atoms with Crippen LogP contribution in [0.3, 0.4) is 0 Å². The number of H-pyrrole nitrogens is 1. The van der Waals surface area contributed by atoms with Gasteiger partial charge in [0, 0.05) is 24.9 Å². The van der Waals surface area contributed by atoms with Crippen LogP contribution in [0.2, 0.25) is 0 Å². The molecule has 1 heterocycles. The van der Waals surface area contributed by atoms with Crippen molar-refractivity contribution in [2.24, 2.45) is 0 Å². The van der Waals surface area contributed by atoms with E-state index in [4.69, 9.17) is 0 Å². The minimum Gasteiger partial charge on any atom is -0.349 e. The van der Waals surface area contributed by atoms with Gasteiger partial charge in [-0.05, 0) is 13.0 Å². The Hall–Kier alpha value is -0.830. The summed E-state index contributed by atoms with van der Waals surface area (Å²) >= 11 is 0. The number of imidazole rings is 1. The third kappa shape index (κ3) is 5.31. The Morgan fingerprint density at radius 3 is 2.81 bits per heavy atom. The number of nitrogens with zero attached hydrogens (tertiary/aromatic N) is 1. The molecule has 0 amide bonds. The molecule has 16 heavy (non-hydrogen) atoms. The second kappa shape index (κ2) is 8.34. The molecule has 3 nitrogen and oxygen atoms in total. The molecule has 0 aliphatic heterocycles. The molecule has 1 aromatic rings. The molecule has 1 aromatic heterocycles. The number of aromatic nitrogens is 2. The van der Waals surface area contributed by atoms with Crippen molar-refractivity contribution in [3.8, 4) is 0 Å². The first-order valence-electron chi connectivity index (χ1n) is 6.58. The predicted molar refractivity (Wildman–Crippen MR) is 68.5 cm³/mol. The van der Waals surface area contributed by atoms with E-state index in [1.165, 1.54) is 32.1 Å². The van der Waals surface area contributed by atoms with Crippen LogP contribution in [-0.4, -0.2) is 22.6 Å². The van der Waals surface area contributed by atoms with E-state index in [9.17, 15) is 0 Å². The zero-order chi connectivity index (χ0) is 11.6. The van der Waals surface area contributed by atoms with Gasteiger partial charge in [0.1, 0.15) is 5.82 Å². The van der Waals surface area contributed by atoms with Gasteiger partial charge in [-0.15, -0.1) is 0 Å². The molecule has 0 saturated heterocycles. The van der Waals surface area contributed by atoms with Crippen molar-refractivity contribution in [2.45, 2.75) is 58.4 Å². The quantitative estimate of drug-likeness (QED) is 0.632. The predicted octanol–water partition coefficient (Wildman–Crippen LogP) is 2.90. The van der Waals surface area contributed by atoms with E-state index in [2.05, 4.69) is 29.1 Å². The Labute approximate surface area is 99.1 Å². The van der Waals surface area contributed by atoms with Gasteiger partial charge in [0.25, 0.3) is 0 Å². The van der Waals surface area contributed by atoms with E-state index in [0.29, 0.717) is 6.04 Å². The molecule has 2 N–H and O–H groups in total. The summed E-state index contributed by atoms with van der Waals surface area (Å²) in [6.07, 6.45) is 11.4. The van der Waals surface area contributed by atoms with Gasteiger partial charge in [-0.2, -0.15) is 0 Å². The Bertz CT molecular complexity index is 244. The molecule has 0 radical (unpaired) electrons. The van der Waals surface area contributed by atoms with E-state index in [-0.39, 0.29) is 0 Å². The monoisotopic (exact) mass is 223 g/mol. The maximum atomic E-state index is 4.29. The van der Waals surface area contributed by atoms with Crippen molar-refractivity contribution in [1.82, 2.24) is 15.3 Å². The minimum atomic E-state index is 0.577. The van der Waals surface area contributed by atoms with E-state index in [1.54, 1.807) is 0 Å². The van der Waals surface area contributed by atoms with Gasteiger partial charge in [-0.1, -0.05) is 39.5 Å². The second-order valence-corrected chi connectivity index (χ2v) is 4.34. The SMILES string of the molecule is CCCCCCC(Cc1ncc[nH]1)NCC. The number of unbranched alkanes of at least 4 members (excludes halogenated alkanes) is 3. The first-order valence-corrected chi connectivity index (χ1v) is 6.58. The molecular formula is C13H25N3. The summed E-state index contributed by atoms with van der Waals surface area (Å²) < 4.78 is 0. The molecule has 0 aliphatic carbocycles. The van der Waals surface area contributed by atoms with Crippen LogP contribution in [0, 0.1) is 0 Å². The van der Waals surface area contributed by atoms with Gasteiger partial charge in [-0.25, -0.2) is 4.98 Å². The highest BCUT2D eigenvalue weighted by Crippen LogP contribution is 2.08. The number of hydrogen-bond acceptors (Lipinski definition) is 2. The highest BCUT2D eigenvalue weighted by atomic mass is 14.9. The summed E-state index contributed by atoms with van der Waals surface area (Å²) in [6.45, 7) is 5.46. The van der Waals surface area contributed by atoms with Crippen LogP contribution in [-0.2, 0) is 6.42 Å². The summed E-state index contributed by atoms with van der Waals surface area (Å²) in [5, 5.41) is 3.54. The van der Waals surface area contributed by atoms with Crippen LogP contribution in [0.4, 0.5) is 0 Å². The Kier molecular flexibility index (Phi) is 6.90. The Balaban J connectivity index is 2.24. The first-order chi connectivity index (χ1) is 7.86. The molecule has 0 aliphatic rings. The molecule has 1 rings (SSSR count). The lowest BCUT2D eigenvalue weighted by Gasteiger charge is -2.16. The smallest absolute Gasteiger partial charge is 0.107 e. The van der Waals surface area contributed by atoms with Gasteiger partial charge in [0.05, 0.1) is 0 Å². The van der Waals surface area contributed by atoms with Crippen LogP contribution in [0.1, 0.15) is 51.8 Å². The van der Waals surface area contributed by atoms with Crippen molar-refractivity contribution in [3.05, 3.63) is 18.2 Å². The first kappa shape index (κ1) is 13.2. The lowest BCUT2D eigenvalue weighted by molar-refractivity contribution is 0.457. The van der Waals surface area contributed by atoms with Crippen LogP contribution in [0.15, 0.2) is 12.4 Å². The van der Waals surface area contributed by atoms with Gasteiger partial charge in [0.15, 0.2) is 0 Å². The molecular weight excluding hydrogens is 198 g/mol. The van der Waals surface area contributed by atoms with Gasteiger partial charge in [-0.3, -0.25) is 0 Å². The van der Waals surface area contributed by atoms with E-state index < -0.39 is 0 Å². The van der Waals surface area contributed by atoms with Crippen molar-refractivity contribution in [2.75, 3.05) is 6.54 Å². The molecule has 0 fully saturated rings. The van der Waals surface area contributed by atoms with E-state index in [0.717, 1.165) is 18.8 Å². The molecule has 92 valence electrons. The zero-order valence-electron chi connectivity index (χ0n) is 10.6. The number of likely N-dealkylation sites (N-methyl/N-ethyl adjacent to an activating group) is 1. The maximum absolute atomic E-state index is 4.29. The highest BCUT2D eigenvalue weighted by molar-refractivity contribution is 4.91. The Morgan fingerprint density at radius 1 is 1.31 bits per heavy atom. The van der Waals surface area contributed by atoms with Crippen molar-refractivity contribution in [1.29, 1.82) is 0 Å². The largest absolute Gasteiger partial charge is 0.349 e. The van der Waals surface area contributed by atoms with Crippen molar-refractivity contribution < 1.29 is 0 Å². The lowest BCUT2D eigenvalue weighted by Crippen LogP contribution is -2.31. The van der Waals surface area contributed by atoms with Gasteiger partial charge < -0.3 is 10.3 Å². The molecule has 0 bridgehead atoms. The summed E-state index contributed by atoms with van der Waals surface area (Å²) in [7, 11) is 0. The maximum Gasteiger partial charge on any atom is 0.107 e. The topological polar surface area (TPSA) is 40.7 Å². The highest BCUT2D eigenvalue weighted by Gasteiger charge is 2.09. The molecule has 0 aromatic carbocycles. The van der Waals surface area contributed by atoms with Gasteiger partial charge >= 0.3 is 0 Å². The normalized spacial score (nSPS) is 12.9. The minimum absolute atomic E-state index is 0.577. The standard InChI is InChI=1S/C13H25N3/c1-3-5-6-7-8-12(14-4-2)11-13-15-9-10-16-13/h9-10,12,14H,3-8,11H2,1-2H3,(H,15,16). The molecule has 1 unspecified atom stereocenters. The van der Waals surface area contributed by atoms with E-state index in [1.807, 2.05) is 12.4 Å². The third-order valence-corrected chi connectivity index (χ3v) is 2.89. The second-order valence-electron chi connectivity index (χ2n) is 4.34. The van der Waals surface area contributed by atoms with Crippen molar-refractivity contribution >= 4 is 0 Å². The fraction of sp³-hybridized carbons (Fsp3) is 0.769. The number of nitrogens with one attached hydrogen (secondary N) is 2. The lowest BCUT2D eigenvalue weighted by atomic mass is 10.0. The fourth-order valence-corrected chi connectivity index (χ4v) is 2.03. The average Bonchev–Trinajstić information content (AvgIpc) is 2.77. The zero-order valence-corrected chi connectivity index (χ0v) is 10.6. The van der Waals surface area contributed by atoms with Crippen LogP contribution in [0.25, 0.3) is 0 Å². The van der Waals surface area contributed by atoms with E-state index >= 15 is 0 Å². The molecule has 1 atom stereocenters. The van der Waals surface area contributed by atoms with Crippen molar-refractivity contribution in [3.63, 3.8) is 0 Å². The summed E-state index contributed by atoms with van der Waals surface area (Å²) in [6, 6.07) is 0.577. The molecule has 3 heteroatoms. The third-order valence-electron chi connectivity index (χ3n) is 2.89. The molecule has 0 saturated carbocycles. The number of aromatic amines is 1. The fourth-order valence-electron chi connectivity index (χ4n) is 2.03. The summed E-state index contributed by atoms with van der Waals surface area (Å²) in [5.74, 6) is 1.10. The molecule has 0 spiro atoms. The van der Waals surface area contributed by atoms with Crippen LogP contribution in [0.5, 0.6) is 0 Å². The number of hydrogen-bond donors (Lipinski definition) is 2. The number of rotatable bonds is 9. The van der Waals surface area contributed by atoms with Crippen LogP contribution < -0.4 is 5.32 Å².